The van der Waals surface area contributed by atoms with Crippen LogP contribution in [0.15, 0.2) is 29.1 Å². The summed E-state index contributed by atoms with van der Waals surface area (Å²) in [6.45, 7) is 4.65. The Hall–Kier alpha value is -2.98. The van der Waals surface area contributed by atoms with Gasteiger partial charge in [0.25, 0.3) is 5.56 Å². The van der Waals surface area contributed by atoms with Gasteiger partial charge in [0.15, 0.2) is 5.82 Å². The number of carbonyl (C=O) groups is 2. The van der Waals surface area contributed by atoms with Gasteiger partial charge in [-0.15, -0.1) is 0 Å². The lowest BCUT2D eigenvalue weighted by atomic mass is 9.89. The third-order valence-corrected chi connectivity index (χ3v) is 9.46. The lowest BCUT2D eigenvalue weighted by molar-refractivity contribution is -0.148. The molecule has 236 valence electrons. The van der Waals surface area contributed by atoms with Crippen molar-refractivity contribution >= 4 is 28.8 Å². The normalized spacial score (nSPS) is 23.2. The van der Waals surface area contributed by atoms with Crippen LogP contribution in [0, 0.1) is 0 Å². The number of piperidine rings is 1. The van der Waals surface area contributed by atoms with Crippen LogP contribution >= 0.6 is 0 Å². The van der Waals surface area contributed by atoms with Crippen molar-refractivity contribution < 1.29 is 19.1 Å². The zero-order valence-corrected chi connectivity index (χ0v) is 26.0. The molecule has 0 spiro atoms. The summed E-state index contributed by atoms with van der Waals surface area (Å²) in [5.74, 6) is -0.502. The molecular formula is C33H49N5O5. The van der Waals surface area contributed by atoms with E-state index in [1.165, 1.54) is 57.8 Å². The van der Waals surface area contributed by atoms with Gasteiger partial charge in [0, 0.05) is 37.3 Å². The van der Waals surface area contributed by atoms with Crippen LogP contribution < -0.4 is 10.9 Å². The number of fused-ring (bicyclic) bond motifs is 3. The Labute approximate surface area is 255 Å². The van der Waals surface area contributed by atoms with Crippen molar-refractivity contribution in [3.8, 4) is 0 Å². The summed E-state index contributed by atoms with van der Waals surface area (Å²) in [6.07, 6.45) is 13.8. The molecule has 2 bridgehead atoms. The molecule has 0 amide bonds. The second-order valence-corrected chi connectivity index (χ2v) is 12.3. The van der Waals surface area contributed by atoms with E-state index < -0.39 is 11.9 Å². The topological polar surface area (TPSA) is 106 Å². The summed E-state index contributed by atoms with van der Waals surface area (Å²) in [6, 6.07) is 9.79. The molecule has 10 heteroatoms. The van der Waals surface area contributed by atoms with E-state index in [1.807, 2.05) is 28.8 Å². The summed E-state index contributed by atoms with van der Waals surface area (Å²) in [4.78, 5) is 47.6. The smallest absolute Gasteiger partial charge is 0.320 e. The highest BCUT2D eigenvalue weighted by Crippen LogP contribution is 2.44. The third kappa shape index (κ3) is 7.76. The second-order valence-electron chi connectivity index (χ2n) is 12.3. The lowest BCUT2D eigenvalue weighted by Crippen LogP contribution is -2.50. The minimum absolute atomic E-state index is 0.0357. The fourth-order valence-corrected chi connectivity index (χ4v) is 7.68. The Morgan fingerprint density at radius 1 is 0.860 bits per heavy atom. The van der Waals surface area contributed by atoms with Crippen molar-refractivity contribution in [2.24, 2.45) is 0 Å². The zero-order valence-electron chi connectivity index (χ0n) is 26.0. The number of para-hydroxylation sites is 2. The van der Waals surface area contributed by atoms with E-state index in [1.54, 1.807) is 18.7 Å². The van der Waals surface area contributed by atoms with Crippen LogP contribution in [0.4, 0.5) is 5.82 Å². The number of esters is 2. The monoisotopic (exact) mass is 595 g/mol. The molecule has 3 heterocycles. The van der Waals surface area contributed by atoms with Crippen LogP contribution in [0.25, 0.3) is 11.0 Å². The number of benzene rings is 1. The molecule has 1 aromatic heterocycles. The van der Waals surface area contributed by atoms with Gasteiger partial charge in [-0.25, -0.2) is 4.98 Å². The fourth-order valence-electron chi connectivity index (χ4n) is 7.68. The molecule has 2 aliphatic heterocycles. The van der Waals surface area contributed by atoms with Crippen LogP contribution in [0.3, 0.4) is 0 Å². The molecule has 5 rings (SSSR count). The van der Waals surface area contributed by atoms with E-state index in [2.05, 4.69) is 10.2 Å². The molecule has 1 aromatic carbocycles. The lowest BCUT2D eigenvalue weighted by Gasteiger charge is -2.45. The minimum Gasteiger partial charge on any atom is -0.465 e. The molecule has 10 nitrogen and oxygen atoms in total. The van der Waals surface area contributed by atoms with Gasteiger partial charge in [0.05, 0.1) is 37.3 Å². The number of hydrogen-bond donors (Lipinski definition) is 1. The zero-order chi connectivity index (χ0) is 30.2. The number of rotatable bonds is 12. The van der Waals surface area contributed by atoms with Crippen molar-refractivity contribution in [1.82, 2.24) is 19.4 Å². The highest BCUT2D eigenvalue weighted by molar-refractivity contribution is 5.76. The van der Waals surface area contributed by atoms with Crippen LogP contribution in [0.2, 0.25) is 0 Å². The maximum Gasteiger partial charge on any atom is 0.320 e. The van der Waals surface area contributed by atoms with Crippen LogP contribution in [-0.4, -0.2) is 88.8 Å². The van der Waals surface area contributed by atoms with Crippen molar-refractivity contribution in [3.05, 3.63) is 34.6 Å². The molecular weight excluding hydrogens is 546 g/mol. The molecule has 1 aliphatic carbocycles. The van der Waals surface area contributed by atoms with E-state index in [0.29, 0.717) is 37.0 Å². The first-order valence-corrected chi connectivity index (χ1v) is 16.5. The van der Waals surface area contributed by atoms with E-state index in [4.69, 9.17) is 14.5 Å². The van der Waals surface area contributed by atoms with Gasteiger partial charge >= 0.3 is 11.9 Å². The Morgan fingerprint density at radius 2 is 1.47 bits per heavy atom. The van der Waals surface area contributed by atoms with Crippen molar-refractivity contribution in [2.45, 2.75) is 109 Å². The number of ether oxygens (including phenoxy) is 2. The summed E-state index contributed by atoms with van der Waals surface area (Å²) in [5.41, 5.74) is 1.56. The van der Waals surface area contributed by atoms with E-state index in [0.717, 1.165) is 23.9 Å². The minimum atomic E-state index is -0.404. The maximum absolute atomic E-state index is 14.0. The summed E-state index contributed by atoms with van der Waals surface area (Å²) in [5, 5.41) is 3.24. The standard InChI is InChI=1S/C33H49N5O5/c1-3-42-30(39)22-36(23-31(40)43-4-2)19-18-34-32-33(41)38(29-15-11-10-14-28(29)35-32)27-20-25-16-17-26(21-27)37(25)24-12-8-6-5-7-9-13-24/h10-11,14-15,24-27H,3-9,12-13,16-23H2,1-2H3,(H,34,35). The molecule has 1 N–H and O–H groups in total. The van der Waals surface area contributed by atoms with Crippen LogP contribution in [0.5, 0.6) is 0 Å². The van der Waals surface area contributed by atoms with E-state index in [-0.39, 0.29) is 37.9 Å². The van der Waals surface area contributed by atoms with Gasteiger partial charge in [0.1, 0.15) is 0 Å². The number of nitrogens with zero attached hydrogens (tertiary/aromatic N) is 4. The van der Waals surface area contributed by atoms with Gasteiger partial charge in [-0.2, -0.15) is 0 Å². The number of anilines is 1. The number of hydrogen-bond acceptors (Lipinski definition) is 9. The third-order valence-electron chi connectivity index (χ3n) is 9.46. The van der Waals surface area contributed by atoms with Crippen LogP contribution in [-0.2, 0) is 19.1 Å². The molecule has 43 heavy (non-hydrogen) atoms. The molecule has 3 fully saturated rings. The van der Waals surface area contributed by atoms with Gasteiger partial charge in [0.2, 0.25) is 0 Å². The average molecular weight is 596 g/mol. The quantitative estimate of drug-likeness (QED) is 0.355. The van der Waals surface area contributed by atoms with Gasteiger partial charge in [-0.1, -0.05) is 44.2 Å². The first kappa shape index (κ1) is 31.4. The Balaban J connectivity index is 1.32. The highest BCUT2D eigenvalue weighted by Gasteiger charge is 2.44. The molecule has 2 saturated heterocycles. The Bertz CT molecular complexity index is 1260. The Kier molecular flexibility index (Phi) is 11.1. The summed E-state index contributed by atoms with van der Waals surface area (Å²) in [7, 11) is 0. The maximum atomic E-state index is 14.0. The number of carbonyl (C=O) groups excluding carboxylic acids is 2. The molecule has 2 aromatic rings. The largest absolute Gasteiger partial charge is 0.465 e. The van der Waals surface area contributed by atoms with Gasteiger partial charge in [-0.3, -0.25) is 24.2 Å². The fraction of sp³-hybridized carbons (Fsp3) is 0.697. The first-order valence-electron chi connectivity index (χ1n) is 16.5. The molecule has 2 atom stereocenters. The molecule has 1 saturated carbocycles. The highest BCUT2D eigenvalue weighted by atomic mass is 16.5. The van der Waals surface area contributed by atoms with Crippen molar-refractivity contribution in [1.29, 1.82) is 0 Å². The van der Waals surface area contributed by atoms with Crippen molar-refractivity contribution in [3.63, 3.8) is 0 Å². The average Bonchev–Trinajstić information content (AvgIpc) is 3.22. The van der Waals surface area contributed by atoms with Crippen molar-refractivity contribution in [2.75, 3.05) is 44.7 Å². The van der Waals surface area contributed by atoms with Gasteiger partial charge < -0.3 is 19.4 Å². The molecule has 2 unspecified atom stereocenters. The molecule has 0 radical (unpaired) electrons. The van der Waals surface area contributed by atoms with Gasteiger partial charge in [-0.05, 0) is 64.5 Å². The van der Waals surface area contributed by atoms with E-state index >= 15 is 0 Å². The predicted molar refractivity (Wildman–Crippen MR) is 167 cm³/mol. The van der Waals surface area contributed by atoms with Crippen LogP contribution in [0.1, 0.15) is 90.5 Å². The summed E-state index contributed by atoms with van der Waals surface area (Å²) >= 11 is 0. The number of aromatic nitrogens is 2. The molecule has 3 aliphatic rings. The SMILES string of the molecule is CCOC(=O)CN(CCNc1nc2ccccc2n(C2CC3CCC(C2)N3C2CCCCCCC2)c1=O)CC(=O)OCC. The van der Waals surface area contributed by atoms with E-state index in [9.17, 15) is 14.4 Å². The predicted octanol–water partition coefficient (Wildman–Crippen LogP) is 4.52. The number of nitrogens with one attached hydrogen (secondary N) is 1. The second kappa shape index (κ2) is 15.1. The first-order chi connectivity index (χ1) is 21.0. The summed E-state index contributed by atoms with van der Waals surface area (Å²) < 4.78 is 12.2. The Morgan fingerprint density at radius 3 is 2.09 bits per heavy atom.